The minimum absolute atomic E-state index is 0.0207. The molecule has 32 heavy (non-hydrogen) atoms. The Morgan fingerprint density at radius 2 is 1.50 bits per heavy atom. The molecule has 0 unspecified atom stereocenters. The zero-order valence-electron chi connectivity index (χ0n) is 17.4. The Balaban J connectivity index is 1.27. The summed E-state index contributed by atoms with van der Waals surface area (Å²) in [4.78, 5) is 55.2. The van der Waals surface area contributed by atoms with Crippen LogP contribution >= 0.6 is 0 Å². The Morgan fingerprint density at radius 1 is 0.906 bits per heavy atom. The lowest BCUT2D eigenvalue weighted by Gasteiger charge is -2.24. The Labute approximate surface area is 184 Å². The second-order valence-electron chi connectivity index (χ2n) is 8.15. The highest BCUT2D eigenvalue weighted by Crippen LogP contribution is 2.44. The van der Waals surface area contributed by atoms with Crippen molar-refractivity contribution in [1.82, 2.24) is 9.96 Å². The van der Waals surface area contributed by atoms with E-state index in [1.807, 2.05) is 36.4 Å². The first-order valence-corrected chi connectivity index (χ1v) is 10.7. The van der Waals surface area contributed by atoms with Gasteiger partial charge in [-0.2, -0.15) is 0 Å². The summed E-state index contributed by atoms with van der Waals surface area (Å²) >= 11 is 0. The molecule has 0 radical (unpaired) electrons. The van der Waals surface area contributed by atoms with Crippen molar-refractivity contribution >= 4 is 23.9 Å². The fourth-order valence-electron chi connectivity index (χ4n) is 4.72. The van der Waals surface area contributed by atoms with E-state index in [1.54, 1.807) is 0 Å². The molecule has 1 aliphatic carbocycles. The SMILES string of the molecule is O=C(ON1C(=O)CCC1=O)[C@H]1CCCN1C(=O)OCC1c2ccccc2-c2ccccc21. The Bertz CT molecular complexity index is 1050. The summed E-state index contributed by atoms with van der Waals surface area (Å²) in [6.07, 6.45) is 0.426. The number of hydroxylamine groups is 2. The lowest BCUT2D eigenvalue weighted by molar-refractivity contribution is -0.200. The van der Waals surface area contributed by atoms with E-state index < -0.39 is 29.9 Å². The van der Waals surface area contributed by atoms with Crippen LogP contribution in [0, 0.1) is 0 Å². The van der Waals surface area contributed by atoms with Gasteiger partial charge in [-0.1, -0.05) is 48.5 Å². The number of ether oxygens (including phenoxy) is 1. The molecule has 0 aromatic heterocycles. The fourth-order valence-corrected chi connectivity index (χ4v) is 4.72. The van der Waals surface area contributed by atoms with Crippen molar-refractivity contribution in [3.8, 4) is 11.1 Å². The number of hydrogen-bond donors (Lipinski definition) is 0. The molecule has 1 atom stereocenters. The average molecular weight is 434 g/mol. The van der Waals surface area contributed by atoms with Crippen molar-refractivity contribution in [3.63, 3.8) is 0 Å². The van der Waals surface area contributed by atoms with Gasteiger partial charge in [0.1, 0.15) is 12.6 Å². The summed E-state index contributed by atoms with van der Waals surface area (Å²) < 4.78 is 5.65. The first kappa shape index (κ1) is 20.2. The minimum atomic E-state index is -0.883. The van der Waals surface area contributed by atoms with Crippen LogP contribution in [-0.2, 0) is 24.0 Å². The third-order valence-corrected chi connectivity index (χ3v) is 6.28. The van der Waals surface area contributed by atoms with Crippen molar-refractivity contribution in [3.05, 3.63) is 59.7 Å². The fraction of sp³-hybridized carbons (Fsp3) is 0.333. The molecule has 2 aromatic rings. The predicted octanol–water partition coefficient (Wildman–Crippen LogP) is 3.01. The lowest BCUT2D eigenvalue weighted by atomic mass is 9.98. The number of fused-ring (bicyclic) bond motifs is 3. The second kappa shape index (κ2) is 8.11. The Morgan fingerprint density at radius 3 is 2.12 bits per heavy atom. The first-order valence-electron chi connectivity index (χ1n) is 10.7. The zero-order chi connectivity index (χ0) is 22.2. The number of rotatable bonds is 4. The second-order valence-corrected chi connectivity index (χ2v) is 8.15. The van der Waals surface area contributed by atoms with E-state index in [-0.39, 0.29) is 25.4 Å². The van der Waals surface area contributed by atoms with Crippen LogP contribution in [0.3, 0.4) is 0 Å². The molecule has 5 rings (SSSR count). The van der Waals surface area contributed by atoms with Crippen molar-refractivity contribution in [2.24, 2.45) is 0 Å². The quantitative estimate of drug-likeness (QED) is 0.687. The number of carbonyl (C=O) groups excluding carboxylic acids is 4. The topological polar surface area (TPSA) is 93.2 Å². The van der Waals surface area contributed by atoms with Gasteiger partial charge in [0, 0.05) is 25.3 Å². The van der Waals surface area contributed by atoms with Gasteiger partial charge < -0.3 is 9.57 Å². The van der Waals surface area contributed by atoms with E-state index in [2.05, 4.69) is 12.1 Å². The summed E-state index contributed by atoms with van der Waals surface area (Å²) in [6, 6.07) is 15.2. The smallest absolute Gasteiger partial charge is 0.410 e. The van der Waals surface area contributed by atoms with Crippen molar-refractivity contribution in [1.29, 1.82) is 0 Å². The minimum Gasteiger partial charge on any atom is -0.448 e. The van der Waals surface area contributed by atoms with Crippen LogP contribution in [0.25, 0.3) is 11.1 Å². The molecule has 0 N–H and O–H groups in total. The number of likely N-dealkylation sites (tertiary alicyclic amines) is 1. The Kier molecular flexibility index (Phi) is 5.13. The summed E-state index contributed by atoms with van der Waals surface area (Å²) in [7, 11) is 0. The van der Waals surface area contributed by atoms with E-state index in [1.165, 1.54) is 4.90 Å². The third kappa shape index (κ3) is 3.41. The molecule has 0 bridgehead atoms. The standard InChI is InChI=1S/C24H22N2O6/c27-21-11-12-22(28)26(21)32-23(29)20-10-5-13-25(20)24(30)31-14-19-17-8-3-1-6-15(17)16-7-2-4-9-18(16)19/h1-4,6-9,19-20H,5,10-14H2/t20-/m1/s1. The molecule has 2 aliphatic heterocycles. The lowest BCUT2D eigenvalue weighted by Crippen LogP contribution is -2.45. The van der Waals surface area contributed by atoms with E-state index >= 15 is 0 Å². The van der Waals surface area contributed by atoms with Crippen molar-refractivity contribution in [2.45, 2.75) is 37.6 Å². The van der Waals surface area contributed by atoms with Gasteiger partial charge in [-0.3, -0.25) is 14.5 Å². The molecular weight excluding hydrogens is 412 g/mol. The van der Waals surface area contributed by atoms with E-state index in [9.17, 15) is 19.2 Å². The molecule has 0 saturated carbocycles. The summed E-state index contributed by atoms with van der Waals surface area (Å²) in [5, 5.41) is 0.510. The molecule has 2 heterocycles. The number of hydrogen-bond acceptors (Lipinski definition) is 6. The predicted molar refractivity (Wildman–Crippen MR) is 112 cm³/mol. The van der Waals surface area contributed by atoms with Gasteiger partial charge in [0.05, 0.1) is 0 Å². The van der Waals surface area contributed by atoms with Crippen LogP contribution in [0.5, 0.6) is 0 Å². The maximum Gasteiger partial charge on any atom is 0.410 e. The number of imide groups is 1. The monoisotopic (exact) mass is 434 g/mol. The summed E-state index contributed by atoms with van der Waals surface area (Å²) in [5.74, 6) is -1.97. The van der Waals surface area contributed by atoms with Gasteiger partial charge in [-0.25, -0.2) is 9.59 Å². The molecule has 2 aromatic carbocycles. The number of amides is 3. The van der Waals surface area contributed by atoms with Crippen LogP contribution in [0.2, 0.25) is 0 Å². The van der Waals surface area contributed by atoms with E-state index in [0.29, 0.717) is 24.4 Å². The largest absolute Gasteiger partial charge is 0.448 e. The molecular formula is C24H22N2O6. The average Bonchev–Trinajstić information content (AvgIpc) is 3.50. The number of nitrogens with zero attached hydrogens (tertiary/aromatic N) is 2. The highest BCUT2D eigenvalue weighted by molar-refractivity contribution is 6.02. The molecule has 3 aliphatic rings. The van der Waals surface area contributed by atoms with Crippen molar-refractivity contribution in [2.75, 3.05) is 13.2 Å². The van der Waals surface area contributed by atoms with E-state index in [0.717, 1.165) is 22.3 Å². The summed E-state index contributed by atoms with van der Waals surface area (Å²) in [5.41, 5.74) is 4.47. The van der Waals surface area contributed by atoms with Crippen LogP contribution in [0.4, 0.5) is 4.79 Å². The van der Waals surface area contributed by atoms with Gasteiger partial charge in [-0.15, -0.1) is 5.06 Å². The molecule has 2 fully saturated rings. The maximum absolute atomic E-state index is 12.9. The van der Waals surface area contributed by atoms with Gasteiger partial charge in [0.15, 0.2) is 0 Å². The highest BCUT2D eigenvalue weighted by Gasteiger charge is 2.41. The maximum atomic E-state index is 12.9. The molecule has 2 saturated heterocycles. The molecule has 8 nitrogen and oxygen atoms in total. The molecule has 0 spiro atoms. The zero-order valence-corrected chi connectivity index (χ0v) is 17.4. The van der Waals surface area contributed by atoms with Crippen LogP contribution < -0.4 is 0 Å². The van der Waals surface area contributed by atoms with Gasteiger partial charge in [-0.05, 0) is 35.1 Å². The first-order chi connectivity index (χ1) is 15.5. The van der Waals surface area contributed by atoms with Crippen LogP contribution in [-0.4, -0.2) is 53.0 Å². The number of benzene rings is 2. The normalized spacial score (nSPS) is 19.8. The van der Waals surface area contributed by atoms with Crippen molar-refractivity contribution < 1.29 is 28.8 Å². The van der Waals surface area contributed by atoms with Gasteiger partial charge >= 0.3 is 12.1 Å². The Hall–Kier alpha value is -3.68. The van der Waals surface area contributed by atoms with Crippen LogP contribution in [0.15, 0.2) is 48.5 Å². The molecule has 8 heteroatoms. The number of carbonyl (C=O) groups is 4. The summed E-state index contributed by atoms with van der Waals surface area (Å²) in [6.45, 7) is 0.493. The highest BCUT2D eigenvalue weighted by atomic mass is 16.7. The molecule has 164 valence electrons. The third-order valence-electron chi connectivity index (χ3n) is 6.28. The van der Waals surface area contributed by atoms with Crippen LogP contribution in [0.1, 0.15) is 42.7 Å². The molecule has 3 amide bonds. The van der Waals surface area contributed by atoms with E-state index in [4.69, 9.17) is 9.57 Å². The van der Waals surface area contributed by atoms with Gasteiger partial charge in [0.25, 0.3) is 11.8 Å². The van der Waals surface area contributed by atoms with Gasteiger partial charge in [0.2, 0.25) is 0 Å².